The minimum atomic E-state index is -3.27. The molecule has 17 heteroatoms. The zero-order valence-electron chi connectivity index (χ0n) is 28.6. The maximum atomic E-state index is 15.1. The maximum Gasteiger partial charge on any atom is 0.407 e. The first-order valence-electron chi connectivity index (χ1n) is 15.9. The van der Waals surface area contributed by atoms with Crippen LogP contribution in [0.4, 0.5) is 38.7 Å². The summed E-state index contributed by atoms with van der Waals surface area (Å²) in [7, 11) is 1.50. The molecule has 3 aromatic rings. The topological polar surface area (TPSA) is 130 Å². The average Bonchev–Trinajstić information content (AvgIpc) is 3.73. The van der Waals surface area contributed by atoms with Crippen molar-refractivity contribution < 1.29 is 40.8 Å². The molecule has 3 atom stereocenters. The van der Waals surface area contributed by atoms with Crippen molar-refractivity contribution in [2.45, 2.75) is 84.2 Å². The minimum Gasteiger partial charge on any atom is -0.444 e. The Morgan fingerprint density at radius 1 is 0.959 bits per heavy atom. The summed E-state index contributed by atoms with van der Waals surface area (Å²) in [5.74, 6) is -4.89. The normalized spacial score (nSPS) is 19.2. The van der Waals surface area contributed by atoms with Crippen molar-refractivity contribution in [1.82, 2.24) is 30.3 Å². The number of alkyl halides is 3. The Balaban J connectivity index is 0.000000563. The van der Waals surface area contributed by atoms with E-state index in [0.717, 1.165) is 24.3 Å². The molecular weight excluding hydrogens is 655 g/mol. The Morgan fingerprint density at radius 3 is 2.04 bits per heavy atom. The van der Waals surface area contributed by atoms with Gasteiger partial charge >= 0.3 is 18.0 Å². The fourth-order valence-corrected chi connectivity index (χ4v) is 4.94. The second-order valence-corrected chi connectivity index (χ2v) is 12.3. The molecule has 2 fully saturated rings. The Morgan fingerprint density at radius 2 is 1.53 bits per heavy atom. The van der Waals surface area contributed by atoms with Crippen molar-refractivity contribution in [3.63, 3.8) is 0 Å². The third-order valence-corrected chi connectivity index (χ3v) is 7.28. The standard InChI is InChI=1S/C24H33F3N8O4.C6H4F2.C2H6/c1-23(2,3)38-22(37)30-15-6-8-34(12-15)20-28-10-14(11-29-20)18(36)33(5)17-7-9-35(13-16(17)25)21-31-19(32-39-21)24(4,26)27;7-5-1-2-6(8)4-3-5;1-2/h10-11,15-17H,6-9,12-13H2,1-5H3,(H,30,37);1-4H;1-2H3. The minimum absolute atomic E-state index is 0.125. The van der Waals surface area contributed by atoms with E-state index in [0.29, 0.717) is 32.4 Å². The maximum absolute atomic E-state index is 15.1. The Labute approximate surface area is 282 Å². The van der Waals surface area contributed by atoms with Crippen molar-refractivity contribution in [1.29, 1.82) is 0 Å². The highest BCUT2D eigenvalue weighted by Crippen LogP contribution is 2.29. The number of alkyl carbamates (subject to hydrolysis) is 1. The summed E-state index contributed by atoms with van der Waals surface area (Å²) in [6.07, 6.45) is 1.73. The molecule has 5 rings (SSSR count). The molecule has 0 radical (unpaired) electrons. The number of anilines is 2. The molecule has 12 nitrogen and oxygen atoms in total. The SMILES string of the molecule is CC.CN(C(=O)c1cnc(N2CCC(NC(=O)OC(C)(C)C)C2)nc1)C1CCN(c2nc(C(C)(F)F)no2)CC1F.Fc1ccc(F)cc1. The van der Waals surface area contributed by atoms with Gasteiger partial charge in [0.15, 0.2) is 0 Å². The quantitative estimate of drug-likeness (QED) is 0.318. The number of halogens is 5. The van der Waals surface area contributed by atoms with Gasteiger partial charge in [0.25, 0.3) is 5.91 Å². The van der Waals surface area contributed by atoms with Crippen LogP contribution in [-0.2, 0) is 10.7 Å². The lowest BCUT2D eigenvalue weighted by Crippen LogP contribution is -2.53. The molecule has 1 aromatic carbocycles. The lowest BCUT2D eigenvalue weighted by Gasteiger charge is -2.38. The number of rotatable bonds is 6. The second kappa shape index (κ2) is 16.7. The molecule has 0 saturated carbocycles. The van der Waals surface area contributed by atoms with E-state index < -0.39 is 53.2 Å². The molecule has 2 amide bonds. The third-order valence-electron chi connectivity index (χ3n) is 7.28. The van der Waals surface area contributed by atoms with E-state index in [4.69, 9.17) is 9.26 Å². The van der Waals surface area contributed by atoms with E-state index in [-0.39, 0.29) is 37.1 Å². The van der Waals surface area contributed by atoms with Crippen molar-refractivity contribution in [2.75, 3.05) is 43.0 Å². The fourth-order valence-electron chi connectivity index (χ4n) is 4.94. The summed E-state index contributed by atoms with van der Waals surface area (Å²) in [4.78, 5) is 41.9. The van der Waals surface area contributed by atoms with Crippen molar-refractivity contribution in [2.24, 2.45) is 0 Å². The summed E-state index contributed by atoms with van der Waals surface area (Å²) in [6.45, 7) is 11.2. The van der Waals surface area contributed by atoms with Gasteiger partial charge in [0.2, 0.25) is 11.8 Å². The number of nitrogens with zero attached hydrogens (tertiary/aromatic N) is 7. The third kappa shape index (κ3) is 11.2. The van der Waals surface area contributed by atoms with E-state index >= 15 is 4.39 Å². The lowest BCUT2D eigenvalue weighted by atomic mass is 10.0. The van der Waals surface area contributed by atoms with Crippen LogP contribution in [0.1, 0.15) is 70.6 Å². The van der Waals surface area contributed by atoms with Gasteiger partial charge in [0, 0.05) is 46.0 Å². The predicted molar refractivity (Wildman–Crippen MR) is 171 cm³/mol. The van der Waals surface area contributed by atoms with Crippen LogP contribution in [-0.4, -0.2) is 94.1 Å². The number of carbonyl (C=O) groups is 2. The molecule has 2 aliphatic heterocycles. The molecule has 4 heterocycles. The second-order valence-electron chi connectivity index (χ2n) is 12.3. The molecule has 0 spiro atoms. The van der Waals surface area contributed by atoms with Gasteiger partial charge < -0.3 is 29.3 Å². The summed E-state index contributed by atoms with van der Waals surface area (Å²) < 4.78 is 75.9. The van der Waals surface area contributed by atoms with Gasteiger partial charge in [0.05, 0.1) is 24.2 Å². The van der Waals surface area contributed by atoms with Crippen molar-refractivity contribution in [3.8, 4) is 0 Å². The summed E-state index contributed by atoms with van der Waals surface area (Å²) in [6, 6.07) is 3.26. The number of hydrogen-bond acceptors (Lipinski definition) is 10. The number of carbonyl (C=O) groups excluding carboxylic acids is 2. The number of benzene rings is 1. The number of piperidine rings is 1. The van der Waals surface area contributed by atoms with Gasteiger partial charge in [0.1, 0.15) is 23.4 Å². The Kier molecular flexibility index (Phi) is 13.2. The molecule has 2 aliphatic rings. The number of ether oxygens (including phenoxy) is 1. The van der Waals surface area contributed by atoms with E-state index in [2.05, 4.69) is 25.4 Å². The zero-order chi connectivity index (χ0) is 36.5. The van der Waals surface area contributed by atoms with Crippen LogP contribution in [0.15, 0.2) is 41.2 Å². The smallest absolute Gasteiger partial charge is 0.407 e. The van der Waals surface area contributed by atoms with Crippen molar-refractivity contribution in [3.05, 3.63) is 59.7 Å². The first-order valence-corrected chi connectivity index (χ1v) is 15.9. The van der Waals surface area contributed by atoms with Crippen LogP contribution in [0.5, 0.6) is 0 Å². The van der Waals surface area contributed by atoms with Gasteiger partial charge in [-0.05, 0) is 57.9 Å². The van der Waals surface area contributed by atoms with Crippen molar-refractivity contribution >= 4 is 24.0 Å². The Hall–Kier alpha value is -4.57. The lowest BCUT2D eigenvalue weighted by molar-refractivity contribution is 0.00557. The van der Waals surface area contributed by atoms with Crippen LogP contribution in [0, 0.1) is 11.6 Å². The molecule has 0 bridgehead atoms. The first-order chi connectivity index (χ1) is 23.0. The molecular formula is C32H43F5N8O4. The van der Waals surface area contributed by atoms with E-state index in [1.807, 2.05) is 18.7 Å². The Bertz CT molecular complexity index is 1480. The fraction of sp³-hybridized carbons (Fsp3) is 0.562. The molecule has 270 valence electrons. The molecule has 3 unspecified atom stereocenters. The highest BCUT2D eigenvalue weighted by Gasteiger charge is 2.38. The van der Waals surface area contributed by atoms with E-state index in [9.17, 15) is 27.2 Å². The van der Waals surface area contributed by atoms with Crippen LogP contribution < -0.4 is 15.1 Å². The largest absolute Gasteiger partial charge is 0.444 e. The van der Waals surface area contributed by atoms with Gasteiger partial charge in [-0.25, -0.2) is 27.9 Å². The predicted octanol–water partition coefficient (Wildman–Crippen LogP) is 5.75. The average molecular weight is 699 g/mol. The summed E-state index contributed by atoms with van der Waals surface area (Å²) in [5, 5.41) is 6.11. The molecule has 2 saturated heterocycles. The van der Waals surface area contributed by atoms with E-state index in [1.54, 1.807) is 20.8 Å². The van der Waals surface area contributed by atoms with E-state index in [1.165, 1.54) is 29.2 Å². The number of amides is 2. The monoisotopic (exact) mass is 698 g/mol. The molecule has 1 N–H and O–H groups in total. The molecule has 2 aromatic heterocycles. The summed E-state index contributed by atoms with van der Waals surface area (Å²) in [5.41, 5.74) is -0.391. The number of hydrogen-bond donors (Lipinski definition) is 1. The van der Waals surface area contributed by atoms with Crippen LogP contribution >= 0.6 is 0 Å². The van der Waals surface area contributed by atoms with Gasteiger partial charge in [-0.1, -0.05) is 19.0 Å². The van der Waals surface area contributed by atoms with Gasteiger partial charge in [-0.3, -0.25) is 4.79 Å². The van der Waals surface area contributed by atoms with Gasteiger partial charge in [-0.15, -0.1) is 0 Å². The molecule has 49 heavy (non-hydrogen) atoms. The van der Waals surface area contributed by atoms with Crippen LogP contribution in [0.2, 0.25) is 0 Å². The molecule has 0 aliphatic carbocycles. The highest BCUT2D eigenvalue weighted by molar-refractivity contribution is 5.93. The number of aromatic nitrogens is 4. The number of nitrogens with one attached hydrogen (secondary N) is 1. The highest BCUT2D eigenvalue weighted by atomic mass is 19.3. The zero-order valence-corrected chi connectivity index (χ0v) is 28.6. The van der Waals surface area contributed by atoms with Crippen LogP contribution in [0.3, 0.4) is 0 Å². The van der Waals surface area contributed by atoms with Crippen LogP contribution in [0.25, 0.3) is 0 Å². The first kappa shape index (κ1) is 38.9. The van der Waals surface area contributed by atoms with Gasteiger partial charge in [-0.2, -0.15) is 13.8 Å². The summed E-state index contributed by atoms with van der Waals surface area (Å²) >= 11 is 0.